The SMILES string of the molecule is C[C@@H](Cc1ccccc1C(F)(F)F)NC(=O)c1cc(Br)co1. The van der Waals surface area contributed by atoms with Crippen molar-refractivity contribution >= 4 is 21.8 Å². The van der Waals surface area contributed by atoms with E-state index >= 15 is 0 Å². The predicted molar refractivity (Wildman–Crippen MR) is 78.5 cm³/mol. The molecule has 1 N–H and O–H groups in total. The van der Waals surface area contributed by atoms with E-state index in [2.05, 4.69) is 21.2 Å². The normalized spacial score (nSPS) is 13.0. The van der Waals surface area contributed by atoms with Crippen molar-refractivity contribution in [2.75, 3.05) is 0 Å². The predicted octanol–water partition coefficient (Wildman–Crippen LogP) is 4.42. The van der Waals surface area contributed by atoms with Crippen molar-refractivity contribution in [3.05, 3.63) is 58.0 Å². The quantitative estimate of drug-likeness (QED) is 0.859. The lowest BCUT2D eigenvalue weighted by atomic mass is 10.0. The molecule has 0 bridgehead atoms. The van der Waals surface area contributed by atoms with Crippen molar-refractivity contribution < 1.29 is 22.4 Å². The number of amides is 1. The third-order valence-electron chi connectivity index (χ3n) is 3.02. The van der Waals surface area contributed by atoms with Crippen LogP contribution in [0.4, 0.5) is 13.2 Å². The summed E-state index contributed by atoms with van der Waals surface area (Å²) < 4.78 is 44.4. The van der Waals surface area contributed by atoms with Crippen molar-refractivity contribution in [2.45, 2.75) is 25.6 Å². The summed E-state index contributed by atoms with van der Waals surface area (Å²) >= 11 is 3.15. The van der Waals surface area contributed by atoms with E-state index < -0.39 is 23.7 Å². The summed E-state index contributed by atoms with van der Waals surface area (Å²) in [6.07, 6.45) is -2.98. The molecule has 1 amide bonds. The molecule has 0 saturated heterocycles. The van der Waals surface area contributed by atoms with Crippen molar-refractivity contribution in [3.8, 4) is 0 Å². The first-order valence-corrected chi connectivity index (χ1v) is 7.26. The van der Waals surface area contributed by atoms with Gasteiger partial charge >= 0.3 is 6.18 Å². The Morgan fingerprint density at radius 1 is 1.36 bits per heavy atom. The van der Waals surface area contributed by atoms with Crippen molar-refractivity contribution in [3.63, 3.8) is 0 Å². The van der Waals surface area contributed by atoms with Crippen LogP contribution in [0.25, 0.3) is 0 Å². The van der Waals surface area contributed by atoms with Gasteiger partial charge in [-0.15, -0.1) is 0 Å². The number of nitrogens with one attached hydrogen (secondary N) is 1. The minimum atomic E-state index is -4.41. The molecule has 0 aliphatic rings. The molecule has 0 fully saturated rings. The highest BCUT2D eigenvalue weighted by atomic mass is 79.9. The van der Waals surface area contributed by atoms with Crippen LogP contribution in [-0.4, -0.2) is 11.9 Å². The fraction of sp³-hybridized carbons (Fsp3) is 0.267. The summed E-state index contributed by atoms with van der Waals surface area (Å²) in [6, 6.07) is 6.35. The fourth-order valence-electron chi connectivity index (χ4n) is 2.08. The molecule has 2 rings (SSSR count). The molecule has 0 radical (unpaired) electrons. The summed E-state index contributed by atoms with van der Waals surface area (Å²) in [7, 11) is 0. The summed E-state index contributed by atoms with van der Waals surface area (Å²) in [4.78, 5) is 11.9. The first-order valence-electron chi connectivity index (χ1n) is 6.47. The van der Waals surface area contributed by atoms with E-state index in [1.807, 2.05) is 0 Å². The molecule has 0 aliphatic carbocycles. The van der Waals surface area contributed by atoms with Gasteiger partial charge in [0.05, 0.1) is 10.0 Å². The molecule has 1 atom stereocenters. The van der Waals surface area contributed by atoms with Crippen LogP contribution in [0.1, 0.15) is 28.6 Å². The Kier molecular flexibility index (Phi) is 4.95. The van der Waals surface area contributed by atoms with E-state index in [4.69, 9.17) is 4.42 Å². The lowest BCUT2D eigenvalue weighted by Crippen LogP contribution is -2.34. The zero-order valence-corrected chi connectivity index (χ0v) is 13.2. The second kappa shape index (κ2) is 6.56. The lowest BCUT2D eigenvalue weighted by molar-refractivity contribution is -0.138. The van der Waals surface area contributed by atoms with Gasteiger partial charge in [0.1, 0.15) is 6.26 Å². The number of halogens is 4. The van der Waals surface area contributed by atoms with Crippen LogP contribution >= 0.6 is 15.9 Å². The lowest BCUT2D eigenvalue weighted by Gasteiger charge is -2.17. The average molecular weight is 376 g/mol. The smallest absolute Gasteiger partial charge is 0.416 e. The van der Waals surface area contributed by atoms with Gasteiger partial charge in [-0.1, -0.05) is 18.2 Å². The van der Waals surface area contributed by atoms with Crippen LogP contribution in [0, 0.1) is 0 Å². The highest BCUT2D eigenvalue weighted by Crippen LogP contribution is 2.32. The molecule has 0 unspecified atom stereocenters. The van der Waals surface area contributed by atoms with Crippen LogP contribution < -0.4 is 5.32 Å². The Labute approximate surface area is 133 Å². The van der Waals surface area contributed by atoms with Gasteiger partial charge in [0.2, 0.25) is 0 Å². The van der Waals surface area contributed by atoms with E-state index in [1.165, 1.54) is 24.5 Å². The van der Waals surface area contributed by atoms with Gasteiger partial charge in [-0.3, -0.25) is 4.79 Å². The Balaban J connectivity index is 2.07. The topological polar surface area (TPSA) is 42.2 Å². The van der Waals surface area contributed by atoms with Crippen molar-refractivity contribution in [1.29, 1.82) is 0 Å². The van der Waals surface area contributed by atoms with Crippen LogP contribution in [-0.2, 0) is 12.6 Å². The number of furan rings is 1. The third-order valence-corrected chi connectivity index (χ3v) is 3.43. The van der Waals surface area contributed by atoms with Gasteiger partial charge in [-0.25, -0.2) is 0 Å². The third kappa shape index (κ3) is 4.13. The van der Waals surface area contributed by atoms with Crippen molar-refractivity contribution in [2.24, 2.45) is 0 Å². The van der Waals surface area contributed by atoms with Crippen LogP contribution in [0.15, 0.2) is 45.5 Å². The second-order valence-corrected chi connectivity index (χ2v) is 5.78. The summed E-state index contributed by atoms with van der Waals surface area (Å²) in [5.74, 6) is -0.370. The maximum Gasteiger partial charge on any atom is 0.416 e. The van der Waals surface area contributed by atoms with E-state index in [-0.39, 0.29) is 17.7 Å². The van der Waals surface area contributed by atoms with E-state index in [9.17, 15) is 18.0 Å². The molecule has 7 heteroatoms. The van der Waals surface area contributed by atoms with E-state index in [0.717, 1.165) is 6.07 Å². The molecule has 1 aromatic carbocycles. The minimum absolute atomic E-state index is 0.0727. The molecule has 2 aromatic rings. The molecule has 3 nitrogen and oxygen atoms in total. The van der Waals surface area contributed by atoms with Crippen molar-refractivity contribution in [1.82, 2.24) is 5.32 Å². The molecule has 0 saturated carbocycles. The zero-order chi connectivity index (χ0) is 16.3. The Morgan fingerprint density at radius 3 is 2.64 bits per heavy atom. The summed E-state index contributed by atoms with van der Waals surface area (Å²) in [5, 5.41) is 2.62. The molecule has 1 aromatic heterocycles. The Bertz CT molecular complexity index is 667. The molecule has 1 heterocycles. The van der Waals surface area contributed by atoms with E-state index in [0.29, 0.717) is 4.47 Å². The summed E-state index contributed by atoms with van der Waals surface area (Å²) in [5.41, 5.74) is -0.541. The standard InChI is InChI=1S/C15H13BrF3NO2/c1-9(20-14(21)13-7-11(16)8-22-13)6-10-4-2-3-5-12(10)15(17,18)19/h2-5,7-9H,6H2,1H3,(H,20,21)/t9-/m0/s1. The first-order chi connectivity index (χ1) is 10.3. The minimum Gasteiger partial charge on any atom is -0.458 e. The molecule has 22 heavy (non-hydrogen) atoms. The van der Waals surface area contributed by atoms with E-state index in [1.54, 1.807) is 13.0 Å². The number of rotatable bonds is 4. The van der Waals surface area contributed by atoms with Gasteiger partial charge in [0.25, 0.3) is 5.91 Å². The highest BCUT2D eigenvalue weighted by molar-refractivity contribution is 9.10. The number of carbonyl (C=O) groups excluding carboxylic acids is 1. The molecule has 0 spiro atoms. The largest absolute Gasteiger partial charge is 0.458 e. The van der Waals surface area contributed by atoms with Gasteiger partial charge < -0.3 is 9.73 Å². The number of benzene rings is 1. The van der Waals surface area contributed by atoms with Gasteiger partial charge in [-0.05, 0) is 40.9 Å². The monoisotopic (exact) mass is 375 g/mol. The zero-order valence-electron chi connectivity index (χ0n) is 11.6. The Morgan fingerprint density at radius 2 is 2.05 bits per heavy atom. The van der Waals surface area contributed by atoms with Crippen LogP contribution in [0.3, 0.4) is 0 Å². The van der Waals surface area contributed by atoms with Gasteiger partial charge in [0.15, 0.2) is 5.76 Å². The van der Waals surface area contributed by atoms with Crippen LogP contribution in [0.5, 0.6) is 0 Å². The van der Waals surface area contributed by atoms with Gasteiger partial charge in [-0.2, -0.15) is 13.2 Å². The highest BCUT2D eigenvalue weighted by Gasteiger charge is 2.33. The maximum atomic E-state index is 12.9. The second-order valence-electron chi connectivity index (χ2n) is 4.86. The number of hydrogen-bond donors (Lipinski definition) is 1. The first kappa shape index (κ1) is 16.6. The molecular weight excluding hydrogens is 363 g/mol. The molecule has 118 valence electrons. The fourth-order valence-corrected chi connectivity index (χ4v) is 2.38. The van der Waals surface area contributed by atoms with Crippen LogP contribution in [0.2, 0.25) is 0 Å². The Hall–Kier alpha value is -1.76. The molecular formula is C15H13BrF3NO2. The van der Waals surface area contributed by atoms with Gasteiger partial charge in [0, 0.05) is 12.1 Å². The maximum absolute atomic E-state index is 12.9. The molecule has 0 aliphatic heterocycles. The number of carbonyl (C=O) groups is 1. The number of alkyl halides is 3. The number of hydrogen-bond acceptors (Lipinski definition) is 2. The average Bonchev–Trinajstić information content (AvgIpc) is 2.84. The summed E-state index contributed by atoms with van der Waals surface area (Å²) in [6.45, 7) is 1.64.